The fourth-order valence-electron chi connectivity index (χ4n) is 1.54. The van der Waals surface area contributed by atoms with Gasteiger partial charge in [0, 0.05) is 11.4 Å². The molecular weight excluding hydrogens is 359 g/mol. The Bertz CT molecular complexity index is 546. The third kappa shape index (κ3) is 4.12. The zero-order chi connectivity index (χ0) is 15.4. The van der Waals surface area contributed by atoms with Crippen LogP contribution in [0.15, 0.2) is 29.2 Å². The highest BCUT2D eigenvalue weighted by Gasteiger charge is 2.47. The van der Waals surface area contributed by atoms with E-state index in [1.165, 1.54) is 18.2 Å². The molecule has 0 fully saturated rings. The number of sulfone groups is 1. The van der Waals surface area contributed by atoms with Gasteiger partial charge < -0.3 is 5.32 Å². The Labute approximate surface area is 124 Å². The molecule has 0 spiro atoms. The molecule has 0 aliphatic heterocycles. The van der Waals surface area contributed by atoms with Gasteiger partial charge in [-0.1, -0.05) is 35.0 Å². The first kappa shape index (κ1) is 17.3. The number of hydrogen-bond acceptors (Lipinski definition) is 3. The van der Waals surface area contributed by atoms with Gasteiger partial charge in [-0.15, -0.1) is 0 Å². The molecule has 20 heavy (non-hydrogen) atoms. The summed E-state index contributed by atoms with van der Waals surface area (Å²) in [5, 5.41) is 2.75. The van der Waals surface area contributed by atoms with Crippen molar-refractivity contribution in [3.05, 3.63) is 24.3 Å². The molecule has 1 unspecified atom stereocenters. The molecule has 8 heteroatoms. The van der Waals surface area contributed by atoms with E-state index in [0.29, 0.717) is 13.0 Å². The summed E-state index contributed by atoms with van der Waals surface area (Å²) < 4.78 is 60.6. The number of alkyl halides is 4. The Balaban J connectivity index is 2.95. The molecule has 1 aromatic rings. The second-order valence-electron chi connectivity index (χ2n) is 4.17. The SMILES string of the molecule is CCC(Br)CCNc1ccccc1S(=O)(=O)C(F)(F)F. The van der Waals surface area contributed by atoms with Gasteiger partial charge in [-0.2, -0.15) is 13.2 Å². The molecule has 1 aromatic carbocycles. The van der Waals surface area contributed by atoms with E-state index in [4.69, 9.17) is 0 Å². The number of rotatable bonds is 6. The highest BCUT2D eigenvalue weighted by molar-refractivity contribution is 9.09. The lowest BCUT2D eigenvalue weighted by Crippen LogP contribution is -2.24. The van der Waals surface area contributed by atoms with Crippen LogP contribution in [0.4, 0.5) is 18.9 Å². The maximum absolute atomic E-state index is 12.6. The quantitative estimate of drug-likeness (QED) is 0.767. The summed E-state index contributed by atoms with van der Waals surface area (Å²) in [4.78, 5) is -0.503. The molecule has 0 aliphatic carbocycles. The van der Waals surface area contributed by atoms with E-state index < -0.39 is 20.2 Å². The average Bonchev–Trinajstić information content (AvgIpc) is 2.37. The topological polar surface area (TPSA) is 46.2 Å². The normalized spacial score (nSPS) is 14.1. The Morgan fingerprint density at radius 1 is 1.30 bits per heavy atom. The largest absolute Gasteiger partial charge is 0.501 e. The van der Waals surface area contributed by atoms with Crippen molar-refractivity contribution in [1.29, 1.82) is 0 Å². The van der Waals surface area contributed by atoms with E-state index in [9.17, 15) is 21.6 Å². The average molecular weight is 374 g/mol. The van der Waals surface area contributed by atoms with Gasteiger partial charge in [0.25, 0.3) is 9.84 Å². The smallest absolute Gasteiger partial charge is 0.384 e. The maximum Gasteiger partial charge on any atom is 0.501 e. The lowest BCUT2D eigenvalue weighted by Gasteiger charge is -2.15. The number of halogens is 4. The summed E-state index contributed by atoms with van der Waals surface area (Å²) in [6, 6.07) is 5.04. The van der Waals surface area contributed by atoms with Gasteiger partial charge >= 0.3 is 5.51 Å². The maximum atomic E-state index is 12.6. The highest BCUT2D eigenvalue weighted by atomic mass is 79.9. The minimum atomic E-state index is -5.34. The predicted molar refractivity (Wildman–Crippen MR) is 75.8 cm³/mol. The predicted octanol–water partition coefficient (Wildman–Crippen LogP) is 3.96. The first-order valence-corrected chi connectivity index (χ1v) is 8.38. The molecule has 3 nitrogen and oxygen atoms in total. The number of para-hydroxylation sites is 1. The first-order chi connectivity index (χ1) is 9.20. The fourth-order valence-corrected chi connectivity index (χ4v) is 2.70. The molecular formula is C12H15BrF3NO2S. The van der Waals surface area contributed by atoms with Gasteiger partial charge in [-0.3, -0.25) is 0 Å². The number of hydrogen-bond donors (Lipinski definition) is 1. The van der Waals surface area contributed by atoms with Gasteiger partial charge in [0.15, 0.2) is 0 Å². The van der Waals surface area contributed by atoms with Crippen molar-refractivity contribution in [2.45, 2.75) is 35.0 Å². The fraction of sp³-hybridized carbons (Fsp3) is 0.500. The van der Waals surface area contributed by atoms with Crippen LogP contribution in [-0.4, -0.2) is 25.3 Å². The zero-order valence-corrected chi connectivity index (χ0v) is 13.1. The first-order valence-electron chi connectivity index (χ1n) is 5.98. The summed E-state index contributed by atoms with van der Waals surface area (Å²) >= 11 is 3.40. The van der Waals surface area contributed by atoms with E-state index in [2.05, 4.69) is 21.2 Å². The second kappa shape index (κ2) is 6.80. The molecule has 114 valence electrons. The molecule has 0 amide bonds. The van der Waals surface area contributed by atoms with E-state index in [1.54, 1.807) is 0 Å². The molecule has 0 saturated carbocycles. The van der Waals surface area contributed by atoms with Crippen molar-refractivity contribution in [3.63, 3.8) is 0 Å². The molecule has 0 aromatic heterocycles. The van der Waals surface area contributed by atoms with Crippen molar-refractivity contribution in [2.75, 3.05) is 11.9 Å². The van der Waals surface area contributed by atoms with E-state index in [1.807, 2.05) is 6.92 Å². The number of anilines is 1. The van der Waals surface area contributed by atoms with Gasteiger partial charge in [0.1, 0.15) is 0 Å². The molecule has 0 radical (unpaired) electrons. The second-order valence-corrected chi connectivity index (χ2v) is 7.37. The Kier molecular flexibility index (Phi) is 5.88. The van der Waals surface area contributed by atoms with Crippen LogP contribution >= 0.6 is 15.9 Å². The minimum absolute atomic E-state index is 0.0272. The highest BCUT2D eigenvalue weighted by Crippen LogP contribution is 2.34. The van der Waals surface area contributed by atoms with E-state index in [-0.39, 0.29) is 10.5 Å². The molecule has 0 saturated heterocycles. The van der Waals surface area contributed by atoms with E-state index in [0.717, 1.165) is 12.5 Å². The summed E-state index contributed by atoms with van der Waals surface area (Å²) in [5.74, 6) is 0. The summed E-state index contributed by atoms with van der Waals surface area (Å²) in [7, 11) is -5.34. The Hall–Kier alpha value is -0.760. The van der Waals surface area contributed by atoms with Crippen LogP contribution in [0.3, 0.4) is 0 Å². The molecule has 0 bridgehead atoms. The zero-order valence-electron chi connectivity index (χ0n) is 10.7. The number of nitrogens with one attached hydrogen (secondary N) is 1. The monoisotopic (exact) mass is 373 g/mol. The van der Waals surface area contributed by atoms with Gasteiger partial charge in [-0.25, -0.2) is 8.42 Å². The van der Waals surface area contributed by atoms with Crippen LogP contribution in [-0.2, 0) is 9.84 Å². The Morgan fingerprint density at radius 3 is 2.45 bits per heavy atom. The molecule has 1 rings (SSSR count). The van der Waals surface area contributed by atoms with Crippen molar-refractivity contribution in [1.82, 2.24) is 0 Å². The molecule has 1 N–H and O–H groups in total. The van der Waals surface area contributed by atoms with Crippen LogP contribution in [0.1, 0.15) is 19.8 Å². The molecule has 0 heterocycles. The molecule has 1 atom stereocenters. The third-order valence-electron chi connectivity index (χ3n) is 2.70. The lowest BCUT2D eigenvalue weighted by molar-refractivity contribution is -0.0435. The van der Waals surface area contributed by atoms with Crippen molar-refractivity contribution >= 4 is 31.5 Å². The summed E-state index contributed by atoms with van der Waals surface area (Å²) in [5.41, 5.74) is -5.33. The van der Waals surface area contributed by atoms with Crippen LogP contribution in [0, 0.1) is 0 Å². The van der Waals surface area contributed by atoms with E-state index >= 15 is 0 Å². The lowest BCUT2D eigenvalue weighted by atomic mass is 10.2. The van der Waals surface area contributed by atoms with Crippen molar-refractivity contribution in [2.24, 2.45) is 0 Å². The van der Waals surface area contributed by atoms with Crippen LogP contribution in [0.5, 0.6) is 0 Å². The summed E-state index contributed by atoms with van der Waals surface area (Å²) in [6.07, 6.45) is 1.56. The minimum Gasteiger partial charge on any atom is -0.384 e. The summed E-state index contributed by atoms with van der Waals surface area (Å²) in [6.45, 7) is 2.36. The van der Waals surface area contributed by atoms with Gasteiger partial charge in [0.2, 0.25) is 0 Å². The standard InChI is InChI=1S/C12H15BrF3NO2S/c1-2-9(13)7-8-17-10-5-3-4-6-11(10)20(18,19)12(14,15)16/h3-6,9,17H,2,7-8H2,1H3. The van der Waals surface area contributed by atoms with Crippen LogP contribution < -0.4 is 5.32 Å². The van der Waals surface area contributed by atoms with Crippen molar-refractivity contribution < 1.29 is 21.6 Å². The van der Waals surface area contributed by atoms with Crippen molar-refractivity contribution in [3.8, 4) is 0 Å². The Morgan fingerprint density at radius 2 is 1.90 bits per heavy atom. The van der Waals surface area contributed by atoms with Crippen LogP contribution in [0.2, 0.25) is 0 Å². The third-order valence-corrected chi connectivity index (χ3v) is 5.35. The number of benzene rings is 1. The van der Waals surface area contributed by atoms with Crippen LogP contribution in [0.25, 0.3) is 0 Å². The molecule has 0 aliphatic rings. The van der Waals surface area contributed by atoms with Gasteiger partial charge in [0.05, 0.1) is 10.6 Å². The van der Waals surface area contributed by atoms with Gasteiger partial charge in [-0.05, 0) is 25.0 Å².